The molecule has 50 heavy (non-hydrogen) atoms. The molecular formula is C35H59N5O10. The third kappa shape index (κ3) is 8.62. The molecule has 3 heterocycles. The first kappa shape index (κ1) is 41.6. The lowest BCUT2D eigenvalue weighted by Gasteiger charge is -2.47. The van der Waals surface area contributed by atoms with Gasteiger partial charge < -0.3 is 38.6 Å². The first-order valence-electron chi connectivity index (χ1n) is 17.9. The molecule has 0 aromatic heterocycles. The highest BCUT2D eigenvalue weighted by atomic mass is 16.7. The molecule has 15 heteroatoms. The molecule has 3 saturated heterocycles. The number of carbonyl (C=O) groups excluding carboxylic acids is 4. The summed E-state index contributed by atoms with van der Waals surface area (Å²) in [4.78, 5) is 62.0. The number of Topliss-reactive ketones (excluding diaryl/α,β-unsaturated/α-hetero) is 2. The lowest BCUT2D eigenvalue weighted by Crippen LogP contribution is -2.60. The number of aliphatic hydroxyl groups excluding tert-OH is 1. The third-order valence-corrected chi connectivity index (χ3v) is 11.1. The summed E-state index contributed by atoms with van der Waals surface area (Å²) in [6, 6.07) is -1.10. The predicted molar refractivity (Wildman–Crippen MR) is 183 cm³/mol. The monoisotopic (exact) mass is 709 g/mol. The van der Waals surface area contributed by atoms with Crippen LogP contribution in [0.5, 0.6) is 0 Å². The second-order valence-corrected chi connectivity index (χ2v) is 15.0. The average molecular weight is 710 g/mol. The number of rotatable bonds is 10. The van der Waals surface area contributed by atoms with Crippen molar-refractivity contribution in [2.75, 3.05) is 34.3 Å². The molecule has 284 valence electrons. The summed E-state index contributed by atoms with van der Waals surface area (Å²) in [6.07, 6.45) is -3.16. The van der Waals surface area contributed by atoms with E-state index >= 15 is 0 Å². The molecule has 0 saturated carbocycles. The van der Waals surface area contributed by atoms with Gasteiger partial charge in [0.1, 0.15) is 23.9 Å². The number of likely N-dealkylation sites (N-methyl/N-ethyl adjacent to an activating group) is 1. The van der Waals surface area contributed by atoms with Crippen LogP contribution in [0.3, 0.4) is 0 Å². The molecule has 3 fully saturated rings. The number of hydrogen-bond acceptors (Lipinski definition) is 12. The van der Waals surface area contributed by atoms with E-state index in [1.165, 1.54) is 18.9 Å². The molecule has 0 spiro atoms. The van der Waals surface area contributed by atoms with Crippen molar-refractivity contribution < 1.29 is 48.0 Å². The van der Waals surface area contributed by atoms with Crippen LogP contribution in [0.1, 0.15) is 87.5 Å². The third-order valence-electron chi connectivity index (χ3n) is 11.1. The van der Waals surface area contributed by atoms with Crippen LogP contribution >= 0.6 is 0 Å². The van der Waals surface area contributed by atoms with Gasteiger partial charge in [-0.25, -0.2) is 4.79 Å². The van der Waals surface area contributed by atoms with Gasteiger partial charge in [0.2, 0.25) is 0 Å². The molecular weight excluding hydrogens is 650 g/mol. The number of nitrogens with zero attached hydrogens (tertiary/aromatic N) is 5. The number of fused-ring (bicyclic) bond motifs is 1. The van der Waals surface area contributed by atoms with Gasteiger partial charge in [-0.1, -0.05) is 32.8 Å². The van der Waals surface area contributed by atoms with Crippen molar-refractivity contribution in [1.82, 2.24) is 9.80 Å². The highest BCUT2D eigenvalue weighted by molar-refractivity contribution is 6.00. The topological polar surface area (TPSA) is 190 Å². The van der Waals surface area contributed by atoms with Crippen molar-refractivity contribution in [3.8, 4) is 0 Å². The minimum atomic E-state index is -1.41. The van der Waals surface area contributed by atoms with E-state index in [0.717, 1.165) is 0 Å². The molecule has 0 radical (unpaired) electrons. The fourth-order valence-corrected chi connectivity index (χ4v) is 8.22. The second-order valence-electron chi connectivity index (χ2n) is 15.0. The number of ether oxygens (including phenoxy) is 5. The van der Waals surface area contributed by atoms with E-state index in [1.807, 2.05) is 25.9 Å². The molecule has 15 nitrogen and oxygen atoms in total. The largest absolute Gasteiger partial charge is 0.458 e. The first-order valence-corrected chi connectivity index (χ1v) is 17.9. The Hall–Kier alpha value is -2.81. The second kappa shape index (κ2) is 17.1. The Balaban J connectivity index is 2.10. The zero-order valence-electron chi connectivity index (χ0n) is 31.7. The minimum Gasteiger partial charge on any atom is -0.458 e. The Morgan fingerprint density at radius 1 is 1.06 bits per heavy atom. The van der Waals surface area contributed by atoms with Crippen LogP contribution in [0.25, 0.3) is 10.4 Å². The van der Waals surface area contributed by atoms with Gasteiger partial charge in [-0.3, -0.25) is 14.4 Å². The van der Waals surface area contributed by atoms with Crippen LogP contribution in [-0.2, 0) is 38.1 Å². The quantitative estimate of drug-likeness (QED) is 0.0851. The molecule has 3 aliphatic heterocycles. The van der Waals surface area contributed by atoms with Crippen molar-refractivity contribution in [1.29, 1.82) is 0 Å². The number of hydrogen-bond donors (Lipinski definition) is 1. The summed E-state index contributed by atoms with van der Waals surface area (Å²) in [6.45, 7) is 14.2. The van der Waals surface area contributed by atoms with E-state index in [0.29, 0.717) is 19.3 Å². The van der Waals surface area contributed by atoms with Gasteiger partial charge in [-0.05, 0) is 79.4 Å². The Bertz CT molecular complexity index is 1280. The zero-order valence-corrected chi connectivity index (χ0v) is 31.7. The van der Waals surface area contributed by atoms with Crippen LogP contribution in [-0.4, -0.2) is 127 Å². The number of amides is 1. The predicted octanol–water partition coefficient (Wildman–Crippen LogP) is 4.28. The summed E-state index contributed by atoms with van der Waals surface area (Å²) in [7, 11) is 5.20. The molecule has 0 bridgehead atoms. The number of unbranched alkanes of at least 4 members (excludes halogenated alkanes) is 1. The van der Waals surface area contributed by atoms with Gasteiger partial charge in [0.05, 0.1) is 23.9 Å². The summed E-state index contributed by atoms with van der Waals surface area (Å²) in [5.41, 5.74) is 5.97. The van der Waals surface area contributed by atoms with Crippen molar-refractivity contribution in [3.05, 3.63) is 10.4 Å². The molecule has 13 atom stereocenters. The van der Waals surface area contributed by atoms with Crippen molar-refractivity contribution in [2.24, 2.45) is 28.8 Å². The summed E-state index contributed by atoms with van der Waals surface area (Å²) in [5.74, 6) is -5.05. The van der Waals surface area contributed by atoms with Gasteiger partial charge in [-0.15, -0.1) is 0 Å². The van der Waals surface area contributed by atoms with E-state index < -0.39 is 83.4 Å². The van der Waals surface area contributed by atoms with Gasteiger partial charge in [0.15, 0.2) is 17.7 Å². The molecule has 0 aliphatic carbocycles. The maximum Gasteiger partial charge on any atom is 0.410 e. The van der Waals surface area contributed by atoms with Gasteiger partial charge in [0, 0.05) is 48.9 Å². The van der Waals surface area contributed by atoms with Gasteiger partial charge in [-0.2, -0.15) is 0 Å². The average Bonchev–Trinajstić information content (AvgIpc) is 3.33. The van der Waals surface area contributed by atoms with Crippen LogP contribution in [0, 0.1) is 23.7 Å². The van der Waals surface area contributed by atoms with E-state index in [4.69, 9.17) is 29.2 Å². The van der Waals surface area contributed by atoms with E-state index in [-0.39, 0.29) is 43.9 Å². The minimum absolute atomic E-state index is 0.116. The molecule has 3 rings (SSSR count). The van der Waals surface area contributed by atoms with Crippen molar-refractivity contribution in [3.63, 3.8) is 0 Å². The number of cyclic esters (lactones) is 1. The number of methoxy groups -OCH3 is 1. The number of ketones is 2. The molecule has 5 unspecified atom stereocenters. The maximum absolute atomic E-state index is 14.4. The number of esters is 1. The standard InChI is InChI=1S/C35H59N5O10/c1-12-25-35(8)29(40(33(45)50-35)16-14-13-15-37-38-36)21(4)26(41)19(2)18-34(7,46-11)30(22(5)27(42)23(6)31(44)48-25)49-32-28(43)24(39(9)10)17-20(3)47-32/h19-25,28-30,32,43H,12-18H2,1-11H3/t19-,20?,21+,22+,23-,24?,25?,28?,29-,30-,32?,34+,35-/m1/s1. The summed E-state index contributed by atoms with van der Waals surface area (Å²) < 4.78 is 30.8. The molecule has 1 amide bonds. The van der Waals surface area contributed by atoms with E-state index in [1.54, 1.807) is 41.5 Å². The Kier molecular flexibility index (Phi) is 14.3. The Labute approximate surface area is 296 Å². The molecule has 0 aromatic rings. The Morgan fingerprint density at radius 2 is 1.72 bits per heavy atom. The zero-order chi connectivity index (χ0) is 37.7. The van der Waals surface area contributed by atoms with Crippen LogP contribution < -0.4 is 0 Å². The number of aliphatic hydroxyl groups is 1. The van der Waals surface area contributed by atoms with Gasteiger partial charge in [0.25, 0.3) is 0 Å². The normalized spacial score (nSPS) is 40.5. The van der Waals surface area contributed by atoms with Gasteiger partial charge >= 0.3 is 12.1 Å². The first-order chi connectivity index (χ1) is 23.4. The van der Waals surface area contributed by atoms with Crippen LogP contribution in [0.15, 0.2) is 5.11 Å². The fraction of sp³-hybridized carbons (Fsp3) is 0.886. The molecule has 1 N–H and O–H groups in total. The van der Waals surface area contributed by atoms with Crippen LogP contribution in [0.2, 0.25) is 0 Å². The maximum atomic E-state index is 14.4. The van der Waals surface area contributed by atoms with Crippen molar-refractivity contribution in [2.45, 2.75) is 141 Å². The number of carbonyl (C=O) groups is 4. The summed E-state index contributed by atoms with van der Waals surface area (Å²) in [5, 5.41) is 14.9. The lowest BCUT2D eigenvalue weighted by atomic mass is 9.73. The fourth-order valence-electron chi connectivity index (χ4n) is 8.22. The van der Waals surface area contributed by atoms with E-state index in [9.17, 15) is 24.3 Å². The molecule has 3 aliphatic rings. The highest BCUT2D eigenvalue weighted by Gasteiger charge is 2.60. The Morgan fingerprint density at radius 3 is 2.30 bits per heavy atom. The van der Waals surface area contributed by atoms with E-state index in [2.05, 4.69) is 10.0 Å². The number of azide groups is 1. The lowest BCUT2D eigenvalue weighted by molar-refractivity contribution is -0.295. The van der Waals surface area contributed by atoms with Crippen molar-refractivity contribution >= 4 is 23.6 Å². The molecule has 0 aromatic carbocycles. The smallest absolute Gasteiger partial charge is 0.410 e. The highest BCUT2D eigenvalue weighted by Crippen LogP contribution is 2.43. The SMILES string of the molecule is CCC1OC(=O)[C@H](C)C(=O)[C@H](C)[C@@H](OC2OC(C)CC(N(C)C)C2O)[C@@](C)(OC)C[C@@H](C)C(=O)[C@H](C)[C@H]2N(CCCCN=[N+]=[N-])C(=O)O[C@]12C. The summed E-state index contributed by atoms with van der Waals surface area (Å²) >= 11 is 0. The van der Waals surface area contributed by atoms with Crippen LogP contribution in [0.4, 0.5) is 4.79 Å².